The van der Waals surface area contributed by atoms with E-state index in [0.29, 0.717) is 0 Å². The molecule has 0 spiro atoms. The minimum atomic E-state index is -0.0415. The molecule has 0 aromatic carbocycles. The van der Waals surface area contributed by atoms with E-state index in [1.807, 2.05) is 0 Å². The maximum Gasteiger partial charge on any atom is 0.0843 e. The van der Waals surface area contributed by atoms with Crippen molar-refractivity contribution >= 4 is 70.5 Å². The lowest BCUT2D eigenvalue weighted by atomic mass is 10.1. The first-order chi connectivity index (χ1) is 7.08. The molecule has 0 amide bonds. The molecule has 2 aromatic rings. The molecule has 2 aromatic heterocycles. The smallest absolute Gasteiger partial charge is 0.0843 e. The molecule has 1 atom stereocenters. The fourth-order valence-corrected chi connectivity index (χ4v) is 4.50. The maximum atomic E-state index is 6.17. The van der Waals surface area contributed by atoms with Gasteiger partial charge in [0.2, 0.25) is 0 Å². The van der Waals surface area contributed by atoms with Crippen LogP contribution in [-0.2, 0) is 0 Å². The van der Waals surface area contributed by atoms with Gasteiger partial charge < -0.3 is 5.73 Å². The molecule has 0 radical (unpaired) electrons. The van der Waals surface area contributed by atoms with Crippen LogP contribution in [0.1, 0.15) is 16.5 Å². The van der Waals surface area contributed by atoms with Crippen molar-refractivity contribution in [1.29, 1.82) is 0 Å². The lowest BCUT2D eigenvalue weighted by molar-refractivity contribution is 0.898. The summed E-state index contributed by atoms with van der Waals surface area (Å²) in [6.07, 6.45) is 0. The summed E-state index contributed by atoms with van der Waals surface area (Å²) in [5.74, 6) is 0. The molecule has 1 unspecified atom stereocenters. The van der Waals surface area contributed by atoms with Crippen LogP contribution >= 0.6 is 70.5 Å². The van der Waals surface area contributed by atoms with Crippen molar-refractivity contribution in [2.75, 3.05) is 0 Å². The highest BCUT2D eigenvalue weighted by atomic mass is 79.9. The summed E-state index contributed by atoms with van der Waals surface area (Å²) in [6.45, 7) is 0. The minimum absolute atomic E-state index is 0.0415. The van der Waals surface area contributed by atoms with E-state index >= 15 is 0 Å². The lowest BCUT2D eigenvalue weighted by Gasteiger charge is -2.05. The molecule has 0 aliphatic heterocycles. The molecule has 0 aliphatic carbocycles. The third-order valence-electron chi connectivity index (χ3n) is 1.92. The zero-order valence-electron chi connectivity index (χ0n) is 7.34. The quantitative estimate of drug-likeness (QED) is 0.699. The number of thiophene rings is 2. The second kappa shape index (κ2) is 4.98. The predicted octanol–water partition coefficient (Wildman–Crippen LogP) is 5.15. The highest BCUT2D eigenvalue weighted by Crippen LogP contribution is 2.37. The van der Waals surface area contributed by atoms with Crippen molar-refractivity contribution in [2.45, 2.75) is 6.04 Å². The van der Waals surface area contributed by atoms with E-state index in [9.17, 15) is 0 Å². The average molecular weight is 432 g/mol. The molecule has 2 rings (SSSR count). The molecule has 0 aliphatic rings. The minimum Gasteiger partial charge on any atom is -0.320 e. The van der Waals surface area contributed by atoms with Crippen LogP contribution < -0.4 is 5.73 Å². The monoisotopic (exact) mass is 429 g/mol. The van der Waals surface area contributed by atoms with E-state index < -0.39 is 0 Å². The third kappa shape index (κ3) is 2.73. The Labute approximate surface area is 121 Å². The van der Waals surface area contributed by atoms with Gasteiger partial charge in [-0.3, -0.25) is 0 Å². The standard InChI is InChI=1S/C9H6Br3NS2/c10-5-2-6(15-9(5)12)8(13)4-1-7(11)14-3-4/h1-3,8H,13H2. The fraction of sp³-hybridized carbons (Fsp3) is 0.111. The van der Waals surface area contributed by atoms with Crippen molar-refractivity contribution in [3.63, 3.8) is 0 Å². The molecule has 0 saturated heterocycles. The van der Waals surface area contributed by atoms with Crippen molar-refractivity contribution < 1.29 is 0 Å². The van der Waals surface area contributed by atoms with Crippen molar-refractivity contribution in [2.24, 2.45) is 5.73 Å². The largest absolute Gasteiger partial charge is 0.320 e. The normalized spacial score (nSPS) is 13.1. The number of hydrogen-bond acceptors (Lipinski definition) is 3. The summed E-state index contributed by atoms with van der Waals surface area (Å²) in [4.78, 5) is 1.15. The van der Waals surface area contributed by atoms with Crippen LogP contribution in [0, 0.1) is 0 Å². The molecule has 6 heteroatoms. The summed E-state index contributed by atoms with van der Waals surface area (Å²) in [5, 5.41) is 2.08. The Balaban J connectivity index is 2.31. The summed E-state index contributed by atoms with van der Waals surface area (Å²) in [5.41, 5.74) is 7.31. The van der Waals surface area contributed by atoms with Crippen LogP contribution in [0.2, 0.25) is 0 Å². The zero-order chi connectivity index (χ0) is 11.0. The highest BCUT2D eigenvalue weighted by Gasteiger charge is 2.14. The molecule has 0 fully saturated rings. The Hall–Kier alpha value is 0.800. The summed E-state index contributed by atoms with van der Waals surface area (Å²) < 4.78 is 3.26. The number of nitrogens with two attached hydrogens (primary N) is 1. The van der Waals surface area contributed by atoms with Crippen LogP contribution in [0.4, 0.5) is 0 Å². The molecule has 2 N–H and O–H groups in total. The lowest BCUT2D eigenvalue weighted by Crippen LogP contribution is -2.08. The average Bonchev–Trinajstić information content (AvgIpc) is 2.74. The molecule has 1 nitrogen and oxygen atoms in total. The van der Waals surface area contributed by atoms with Gasteiger partial charge in [0.05, 0.1) is 13.6 Å². The summed E-state index contributed by atoms with van der Waals surface area (Å²) in [6, 6.07) is 4.09. The molecule has 80 valence electrons. The molecule has 15 heavy (non-hydrogen) atoms. The highest BCUT2D eigenvalue weighted by molar-refractivity contribution is 9.13. The third-order valence-corrected chi connectivity index (χ3v) is 6.78. The van der Waals surface area contributed by atoms with Gasteiger partial charge >= 0.3 is 0 Å². The SMILES string of the molecule is NC(c1csc(Br)c1)c1cc(Br)c(Br)s1. The summed E-state index contributed by atoms with van der Waals surface area (Å²) >= 11 is 13.7. The van der Waals surface area contributed by atoms with E-state index in [-0.39, 0.29) is 6.04 Å². The Bertz CT molecular complexity index is 458. The van der Waals surface area contributed by atoms with Gasteiger partial charge in [-0.05, 0) is 70.9 Å². The topological polar surface area (TPSA) is 26.0 Å². The fourth-order valence-electron chi connectivity index (χ4n) is 1.17. The maximum absolute atomic E-state index is 6.17. The van der Waals surface area contributed by atoms with Crippen LogP contribution in [0.3, 0.4) is 0 Å². The molecule has 0 bridgehead atoms. The van der Waals surface area contributed by atoms with E-state index in [4.69, 9.17) is 5.73 Å². The van der Waals surface area contributed by atoms with Gasteiger partial charge in [-0.1, -0.05) is 0 Å². The van der Waals surface area contributed by atoms with Crippen LogP contribution in [0.15, 0.2) is 29.6 Å². The van der Waals surface area contributed by atoms with Crippen molar-refractivity contribution in [3.8, 4) is 0 Å². The van der Waals surface area contributed by atoms with Gasteiger partial charge in [0, 0.05) is 9.35 Å². The van der Waals surface area contributed by atoms with Crippen LogP contribution in [-0.4, -0.2) is 0 Å². The van der Waals surface area contributed by atoms with E-state index in [0.717, 1.165) is 22.5 Å². The van der Waals surface area contributed by atoms with Crippen LogP contribution in [0.5, 0.6) is 0 Å². The van der Waals surface area contributed by atoms with Crippen LogP contribution in [0.25, 0.3) is 0 Å². The zero-order valence-corrected chi connectivity index (χ0v) is 13.7. The first-order valence-corrected chi connectivity index (χ1v) is 8.09. The van der Waals surface area contributed by atoms with Gasteiger partial charge in [0.1, 0.15) is 0 Å². The number of hydrogen-bond donors (Lipinski definition) is 1. The first kappa shape index (κ1) is 12.3. The summed E-state index contributed by atoms with van der Waals surface area (Å²) in [7, 11) is 0. The number of rotatable bonds is 2. The molecular weight excluding hydrogens is 426 g/mol. The Morgan fingerprint density at radius 2 is 1.93 bits per heavy atom. The molecule has 0 saturated carbocycles. The molecule has 2 heterocycles. The second-order valence-corrected chi connectivity index (χ2v) is 8.48. The van der Waals surface area contributed by atoms with Crippen molar-refractivity contribution in [3.05, 3.63) is 40.0 Å². The van der Waals surface area contributed by atoms with Gasteiger partial charge in [0.15, 0.2) is 0 Å². The second-order valence-electron chi connectivity index (χ2n) is 2.93. The van der Waals surface area contributed by atoms with Crippen molar-refractivity contribution in [1.82, 2.24) is 0 Å². The van der Waals surface area contributed by atoms with E-state index in [1.165, 1.54) is 0 Å². The van der Waals surface area contributed by atoms with Gasteiger partial charge in [-0.2, -0.15) is 0 Å². The van der Waals surface area contributed by atoms with E-state index in [1.54, 1.807) is 22.7 Å². The number of halogens is 3. The Morgan fingerprint density at radius 1 is 1.20 bits per heavy atom. The first-order valence-electron chi connectivity index (χ1n) is 4.02. The van der Waals surface area contributed by atoms with E-state index in [2.05, 4.69) is 65.3 Å². The van der Waals surface area contributed by atoms with Gasteiger partial charge in [-0.25, -0.2) is 0 Å². The molecular formula is C9H6Br3NS2. The Morgan fingerprint density at radius 3 is 2.40 bits per heavy atom. The Kier molecular flexibility index (Phi) is 4.07. The predicted molar refractivity (Wildman–Crippen MR) is 77.8 cm³/mol. The van der Waals surface area contributed by atoms with Gasteiger partial charge in [-0.15, -0.1) is 22.7 Å². The van der Waals surface area contributed by atoms with Gasteiger partial charge in [0.25, 0.3) is 0 Å².